The zero-order chi connectivity index (χ0) is 23.3. The summed E-state index contributed by atoms with van der Waals surface area (Å²) in [6.45, 7) is 6.27. The van der Waals surface area contributed by atoms with Crippen molar-refractivity contribution in [3.05, 3.63) is 88.4 Å². The third-order valence-electron chi connectivity index (χ3n) is 5.00. The van der Waals surface area contributed by atoms with Gasteiger partial charge in [-0.1, -0.05) is 51.1 Å². The Morgan fingerprint density at radius 1 is 0.969 bits per heavy atom. The van der Waals surface area contributed by atoms with E-state index in [9.17, 15) is 9.59 Å². The van der Waals surface area contributed by atoms with Crippen molar-refractivity contribution in [2.45, 2.75) is 26.2 Å². The molecule has 0 radical (unpaired) electrons. The highest BCUT2D eigenvalue weighted by Crippen LogP contribution is 2.31. The van der Waals surface area contributed by atoms with Gasteiger partial charge in [0.2, 0.25) is 0 Å². The average Bonchev–Trinajstić information content (AvgIpc) is 2.77. The van der Waals surface area contributed by atoms with Crippen LogP contribution in [0.4, 0.5) is 11.4 Å². The van der Waals surface area contributed by atoms with Gasteiger partial charge in [0, 0.05) is 24.0 Å². The number of nitrogens with one attached hydrogen (secondary N) is 1. The van der Waals surface area contributed by atoms with E-state index >= 15 is 0 Å². The van der Waals surface area contributed by atoms with Crippen molar-refractivity contribution in [3.63, 3.8) is 0 Å². The monoisotopic (exact) mass is 494 g/mol. The van der Waals surface area contributed by atoms with Crippen LogP contribution in [0.2, 0.25) is 0 Å². The van der Waals surface area contributed by atoms with Gasteiger partial charge in [-0.3, -0.25) is 9.59 Å². The summed E-state index contributed by atoms with van der Waals surface area (Å²) in [6.07, 6.45) is 0. The number of carbonyl (C=O) groups is 2. The molecule has 166 valence electrons. The number of halogens is 1. The van der Waals surface area contributed by atoms with Gasteiger partial charge < -0.3 is 15.0 Å². The molecule has 3 rings (SSSR count). The molecule has 1 N–H and O–H groups in total. The third-order valence-corrected chi connectivity index (χ3v) is 5.62. The Morgan fingerprint density at radius 2 is 1.69 bits per heavy atom. The van der Waals surface area contributed by atoms with E-state index in [1.807, 2.05) is 48.5 Å². The van der Waals surface area contributed by atoms with E-state index in [-0.39, 0.29) is 23.8 Å². The van der Waals surface area contributed by atoms with Crippen LogP contribution in [-0.4, -0.2) is 25.5 Å². The molecule has 0 aliphatic heterocycles. The molecule has 0 bridgehead atoms. The Hall–Kier alpha value is -3.12. The summed E-state index contributed by atoms with van der Waals surface area (Å²) in [5.74, 6) is 0.130. The van der Waals surface area contributed by atoms with Gasteiger partial charge in [0.15, 0.2) is 6.61 Å². The number of anilines is 2. The highest BCUT2D eigenvalue weighted by molar-refractivity contribution is 9.10. The number of para-hydroxylation sites is 1. The fourth-order valence-corrected chi connectivity index (χ4v) is 3.61. The maximum absolute atomic E-state index is 12.8. The number of amides is 2. The third kappa shape index (κ3) is 5.98. The fraction of sp³-hybridized carbons (Fsp3) is 0.231. The molecule has 2 amide bonds. The first kappa shape index (κ1) is 23.5. The van der Waals surface area contributed by atoms with Crippen LogP contribution < -0.4 is 15.0 Å². The van der Waals surface area contributed by atoms with Crippen molar-refractivity contribution in [2.75, 3.05) is 23.9 Å². The Balaban J connectivity index is 1.62. The van der Waals surface area contributed by atoms with Crippen LogP contribution in [0.15, 0.2) is 77.3 Å². The average molecular weight is 495 g/mol. The quantitative estimate of drug-likeness (QED) is 0.454. The number of nitrogens with zero attached hydrogens (tertiary/aromatic N) is 1. The molecular formula is C26H27BrN2O3. The summed E-state index contributed by atoms with van der Waals surface area (Å²) in [5.41, 5.74) is 3.00. The van der Waals surface area contributed by atoms with E-state index in [0.29, 0.717) is 17.0 Å². The van der Waals surface area contributed by atoms with Gasteiger partial charge in [-0.25, -0.2) is 0 Å². The molecule has 0 heterocycles. The van der Waals surface area contributed by atoms with Crippen LogP contribution in [0.5, 0.6) is 5.75 Å². The molecule has 0 atom stereocenters. The first-order valence-corrected chi connectivity index (χ1v) is 11.1. The lowest BCUT2D eigenvalue weighted by molar-refractivity contribution is -0.118. The number of rotatable bonds is 6. The first-order valence-electron chi connectivity index (χ1n) is 10.3. The van der Waals surface area contributed by atoms with Gasteiger partial charge in [0.05, 0.1) is 4.47 Å². The van der Waals surface area contributed by atoms with E-state index in [1.54, 1.807) is 36.2 Å². The lowest BCUT2D eigenvalue weighted by atomic mass is 9.87. The molecule has 0 aliphatic carbocycles. The van der Waals surface area contributed by atoms with Crippen LogP contribution in [0, 0.1) is 0 Å². The summed E-state index contributed by atoms with van der Waals surface area (Å²) in [6, 6.07) is 22.1. The topological polar surface area (TPSA) is 58.6 Å². The van der Waals surface area contributed by atoms with E-state index < -0.39 is 0 Å². The lowest BCUT2D eigenvalue weighted by Gasteiger charge is -2.20. The molecule has 3 aromatic rings. The van der Waals surface area contributed by atoms with E-state index in [4.69, 9.17) is 4.74 Å². The maximum atomic E-state index is 12.8. The molecule has 0 aliphatic rings. The Kier molecular flexibility index (Phi) is 7.36. The van der Waals surface area contributed by atoms with Gasteiger partial charge >= 0.3 is 0 Å². The lowest BCUT2D eigenvalue weighted by Crippen LogP contribution is -2.26. The van der Waals surface area contributed by atoms with Gasteiger partial charge in [-0.05, 0) is 69.4 Å². The molecule has 0 saturated heterocycles. The molecule has 0 aromatic heterocycles. The van der Waals surface area contributed by atoms with Crippen molar-refractivity contribution < 1.29 is 14.3 Å². The van der Waals surface area contributed by atoms with Crippen molar-refractivity contribution in [2.24, 2.45) is 0 Å². The minimum atomic E-state index is -0.308. The molecule has 6 heteroatoms. The Morgan fingerprint density at radius 3 is 2.34 bits per heavy atom. The molecule has 3 aromatic carbocycles. The molecule has 0 spiro atoms. The minimum absolute atomic E-state index is 0.0233. The zero-order valence-corrected chi connectivity index (χ0v) is 20.3. The molecular weight excluding hydrogens is 468 g/mol. The number of hydrogen-bond acceptors (Lipinski definition) is 3. The Labute approximate surface area is 197 Å². The van der Waals surface area contributed by atoms with E-state index in [1.165, 1.54) is 5.56 Å². The summed E-state index contributed by atoms with van der Waals surface area (Å²) < 4.78 is 6.48. The molecule has 0 unspecified atom stereocenters. The molecule has 0 saturated carbocycles. The first-order chi connectivity index (χ1) is 15.1. The highest BCUT2D eigenvalue weighted by atomic mass is 79.9. The van der Waals surface area contributed by atoms with E-state index in [0.717, 1.165) is 10.2 Å². The van der Waals surface area contributed by atoms with Crippen LogP contribution in [0.25, 0.3) is 0 Å². The molecule has 0 fully saturated rings. The summed E-state index contributed by atoms with van der Waals surface area (Å²) in [5, 5.41) is 2.79. The number of ether oxygens (including phenoxy) is 1. The Bertz CT molecular complexity index is 1110. The van der Waals surface area contributed by atoms with Gasteiger partial charge in [0.25, 0.3) is 11.8 Å². The van der Waals surface area contributed by atoms with Crippen LogP contribution >= 0.6 is 15.9 Å². The summed E-state index contributed by atoms with van der Waals surface area (Å²) in [4.78, 5) is 26.8. The van der Waals surface area contributed by atoms with Crippen LogP contribution in [0.3, 0.4) is 0 Å². The molecule has 5 nitrogen and oxygen atoms in total. The van der Waals surface area contributed by atoms with Gasteiger partial charge in [-0.2, -0.15) is 0 Å². The minimum Gasteiger partial charge on any atom is -0.483 e. The van der Waals surface area contributed by atoms with Crippen molar-refractivity contribution in [1.29, 1.82) is 0 Å². The van der Waals surface area contributed by atoms with Gasteiger partial charge in [0.1, 0.15) is 5.75 Å². The number of carbonyl (C=O) groups excluding carboxylic acids is 2. The van der Waals surface area contributed by atoms with E-state index in [2.05, 4.69) is 42.0 Å². The predicted octanol–water partition coefficient (Wildman–Crippen LogP) is 6.04. The predicted molar refractivity (Wildman–Crippen MR) is 133 cm³/mol. The largest absolute Gasteiger partial charge is 0.483 e. The zero-order valence-electron chi connectivity index (χ0n) is 18.7. The second-order valence-corrected chi connectivity index (χ2v) is 9.37. The SMILES string of the molecule is CN(C(=O)c1cccc(NC(=O)COc2ccc(C(C)(C)C)cc2Br)c1)c1ccccc1. The smallest absolute Gasteiger partial charge is 0.262 e. The van der Waals surface area contributed by atoms with Crippen LogP contribution in [-0.2, 0) is 10.2 Å². The standard InChI is InChI=1S/C26H27BrN2O3/c1-26(2,3)19-13-14-23(22(27)16-19)32-17-24(30)28-20-10-8-9-18(15-20)25(31)29(4)21-11-6-5-7-12-21/h5-16H,17H2,1-4H3,(H,28,30). The fourth-order valence-electron chi connectivity index (χ4n) is 3.12. The van der Waals surface area contributed by atoms with Crippen molar-refractivity contribution in [1.82, 2.24) is 0 Å². The second-order valence-electron chi connectivity index (χ2n) is 8.51. The van der Waals surface area contributed by atoms with Crippen LogP contribution in [0.1, 0.15) is 36.7 Å². The second kappa shape index (κ2) is 10.0. The number of benzene rings is 3. The normalized spacial score (nSPS) is 11.0. The van der Waals surface area contributed by atoms with Crippen molar-refractivity contribution >= 4 is 39.1 Å². The van der Waals surface area contributed by atoms with Gasteiger partial charge in [-0.15, -0.1) is 0 Å². The molecule has 32 heavy (non-hydrogen) atoms. The highest BCUT2D eigenvalue weighted by Gasteiger charge is 2.16. The number of hydrogen-bond donors (Lipinski definition) is 1. The summed E-state index contributed by atoms with van der Waals surface area (Å²) in [7, 11) is 1.72. The maximum Gasteiger partial charge on any atom is 0.262 e. The van der Waals surface area contributed by atoms with Crippen molar-refractivity contribution in [3.8, 4) is 5.75 Å². The summed E-state index contributed by atoms with van der Waals surface area (Å²) >= 11 is 3.52.